The van der Waals surface area contributed by atoms with E-state index in [1.165, 1.54) is 24.1 Å². The molecule has 1 aliphatic heterocycles. The highest BCUT2D eigenvalue weighted by molar-refractivity contribution is 6.13. The third-order valence-corrected chi connectivity index (χ3v) is 5.26. The molecule has 0 spiro atoms. The van der Waals surface area contributed by atoms with Crippen molar-refractivity contribution in [2.24, 2.45) is 11.1 Å². The van der Waals surface area contributed by atoms with E-state index >= 15 is 0 Å². The van der Waals surface area contributed by atoms with Gasteiger partial charge in [-0.2, -0.15) is 0 Å². The monoisotopic (exact) mass is 288 g/mol. The number of nitrogens with two attached hydrogens (primary N) is 1. The van der Waals surface area contributed by atoms with E-state index in [1.54, 1.807) is 0 Å². The van der Waals surface area contributed by atoms with E-state index in [1.807, 2.05) is 6.08 Å². The van der Waals surface area contributed by atoms with Gasteiger partial charge in [0, 0.05) is 17.8 Å². The molecule has 114 valence electrons. The van der Waals surface area contributed by atoms with Crippen molar-refractivity contribution in [2.75, 3.05) is 6.54 Å². The molecule has 0 aromatic rings. The van der Waals surface area contributed by atoms with E-state index in [0.29, 0.717) is 19.4 Å². The second-order valence-electron chi connectivity index (χ2n) is 6.57. The summed E-state index contributed by atoms with van der Waals surface area (Å²) in [5.41, 5.74) is 7.97. The van der Waals surface area contributed by atoms with Gasteiger partial charge in [0.1, 0.15) is 5.41 Å². The minimum atomic E-state index is -0.946. The van der Waals surface area contributed by atoms with Crippen molar-refractivity contribution in [3.63, 3.8) is 0 Å². The number of dihydropyridines is 1. The van der Waals surface area contributed by atoms with Crippen molar-refractivity contribution >= 4 is 11.7 Å². The highest BCUT2D eigenvalue weighted by Crippen LogP contribution is 2.40. The zero-order chi connectivity index (χ0) is 14.9. The van der Waals surface area contributed by atoms with Crippen LogP contribution in [0.25, 0.3) is 0 Å². The van der Waals surface area contributed by atoms with Crippen molar-refractivity contribution in [1.82, 2.24) is 5.32 Å². The SMILES string of the molecule is NC(=O)C1(C(=O)C2=CC3=C(CCCC3)NC2)CCCCC1. The Morgan fingerprint density at radius 3 is 2.48 bits per heavy atom. The summed E-state index contributed by atoms with van der Waals surface area (Å²) < 4.78 is 0. The van der Waals surface area contributed by atoms with Gasteiger partial charge in [0.05, 0.1) is 0 Å². The highest BCUT2D eigenvalue weighted by atomic mass is 16.2. The summed E-state index contributed by atoms with van der Waals surface area (Å²) in [5, 5.41) is 3.39. The third kappa shape index (κ3) is 2.52. The molecule has 1 amide bonds. The summed E-state index contributed by atoms with van der Waals surface area (Å²) in [6, 6.07) is 0. The fourth-order valence-corrected chi connectivity index (χ4v) is 3.95. The van der Waals surface area contributed by atoms with Gasteiger partial charge in [0.25, 0.3) is 0 Å². The van der Waals surface area contributed by atoms with Crippen molar-refractivity contribution in [3.05, 3.63) is 22.9 Å². The first-order valence-electron chi connectivity index (χ1n) is 8.15. The molecule has 0 unspecified atom stereocenters. The van der Waals surface area contributed by atoms with E-state index < -0.39 is 11.3 Å². The molecule has 0 aromatic carbocycles. The van der Waals surface area contributed by atoms with Crippen LogP contribution in [0.2, 0.25) is 0 Å². The molecule has 3 aliphatic rings. The van der Waals surface area contributed by atoms with Gasteiger partial charge in [-0.25, -0.2) is 0 Å². The maximum absolute atomic E-state index is 13.0. The molecule has 21 heavy (non-hydrogen) atoms. The average Bonchev–Trinajstić information content (AvgIpc) is 2.54. The molecule has 3 rings (SSSR count). The first-order chi connectivity index (χ1) is 10.1. The fourth-order valence-electron chi connectivity index (χ4n) is 3.95. The number of rotatable bonds is 3. The molecule has 0 atom stereocenters. The van der Waals surface area contributed by atoms with E-state index in [-0.39, 0.29) is 5.78 Å². The lowest BCUT2D eigenvalue weighted by Crippen LogP contribution is -2.47. The van der Waals surface area contributed by atoms with Crippen LogP contribution in [0, 0.1) is 5.41 Å². The van der Waals surface area contributed by atoms with Gasteiger partial charge in [-0.05, 0) is 50.2 Å². The normalized spacial score (nSPS) is 24.7. The van der Waals surface area contributed by atoms with Crippen LogP contribution in [0.3, 0.4) is 0 Å². The largest absolute Gasteiger partial charge is 0.384 e. The van der Waals surface area contributed by atoms with E-state index in [0.717, 1.165) is 37.7 Å². The Labute approximate surface area is 125 Å². The number of hydrogen-bond donors (Lipinski definition) is 2. The summed E-state index contributed by atoms with van der Waals surface area (Å²) in [6.45, 7) is 0.548. The summed E-state index contributed by atoms with van der Waals surface area (Å²) in [6.07, 6.45) is 10.7. The highest BCUT2D eigenvalue weighted by Gasteiger charge is 2.46. The van der Waals surface area contributed by atoms with Crippen molar-refractivity contribution in [1.29, 1.82) is 0 Å². The second kappa shape index (κ2) is 5.66. The Morgan fingerprint density at radius 2 is 1.76 bits per heavy atom. The predicted molar refractivity (Wildman–Crippen MR) is 81.3 cm³/mol. The molecule has 1 saturated carbocycles. The van der Waals surface area contributed by atoms with Gasteiger partial charge in [-0.1, -0.05) is 19.3 Å². The Hall–Kier alpha value is -1.58. The van der Waals surface area contributed by atoms with Crippen LogP contribution in [-0.4, -0.2) is 18.2 Å². The molecule has 4 nitrogen and oxygen atoms in total. The molecule has 0 bridgehead atoms. The summed E-state index contributed by atoms with van der Waals surface area (Å²) >= 11 is 0. The van der Waals surface area contributed by atoms with E-state index in [4.69, 9.17) is 5.73 Å². The number of amides is 1. The molecule has 3 N–H and O–H groups in total. The molecule has 1 fully saturated rings. The van der Waals surface area contributed by atoms with Gasteiger partial charge in [-0.15, -0.1) is 0 Å². The molecule has 1 heterocycles. The molecular weight excluding hydrogens is 264 g/mol. The lowest BCUT2D eigenvalue weighted by atomic mass is 9.68. The zero-order valence-electron chi connectivity index (χ0n) is 12.5. The molecule has 0 radical (unpaired) electrons. The Kier molecular flexibility index (Phi) is 3.87. The maximum atomic E-state index is 13.0. The number of primary amides is 1. The van der Waals surface area contributed by atoms with E-state index in [2.05, 4.69) is 5.32 Å². The maximum Gasteiger partial charge on any atom is 0.231 e. The number of allylic oxidation sites excluding steroid dienone is 3. The van der Waals surface area contributed by atoms with Gasteiger partial charge >= 0.3 is 0 Å². The Morgan fingerprint density at radius 1 is 1.05 bits per heavy atom. The van der Waals surface area contributed by atoms with Crippen LogP contribution in [0.5, 0.6) is 0 Å². The number of ketones is 1. The van der Waals surface area contributed by atoms with Crippen LogP contribution < -0.4 is 11.1 Å². The molecule has 0 aromatic heterocycles. The van der Waals surface area contributed by atoms with Crippen LogP contribution in [0.4, 0.5) is 0 Å². The first-order valence-corrected chi connectivity index (χ1v) is 8.15. The number of carbonyl (C=O) groups excluding carboxylic acids is 2. The number of nitrogens with one attached hydrogen (secondary N) is 1. The lowest BCUT2D eigenvalue weighted by Gasteiger charge is -2.35. The summed E-state index contributed by atoms with van der Waals surface area (Å²) in [4.78, 5) is 24.9. The molecule has 2 aliphatic carbocycles. The topological polar surface area (TPSA) is 72.2 Å². The second-order valence-corrected chi connectivity index (χ2v) is 6.57. The summed E-state index contributed by atoms with van der Waals surface area (Å²) in [7, 11) is 0. The first kappa shape index (κ1) is 14.4. The fraction of sp³-hybridized carbons (Fsp3) is 0.647. The van der Waals surface area contributed by atoms with Gasteiger partial charge in [0.2, 0.25) is 5.91 Å². The number of Topliss-reactive ketones (excluding diaryl/α,β-unsaturated/α-hetero) is 1. The van der Waals surface area contributed by atoms with Gasteiger partial charge < -0.3 is 11.1 Å². The standard InChI is InChI=1S/C17H24N2O2/c18-16(21)17(8-4-1-5-9-17)15(20)13-10-12-6-2-3-7-14(12)19-11-13/h10,19H,1-9,11H2,(H2,18,21). The minimum absolute atomic E-state index is 0.0284. The predicted octanol–water partition coefficient (Wildman–Crippen LogP) is 2.35. The number of hydrogen-bond acceptors (Lipinski definition) is 3. The summed E-state index contributed by atoms with van der Waals surface area (Å²) in [5.74, 6) is -0.462. The van der Waals surface area contributed by atoms with Crippen molar-refractivity contribution < 1.29 is 9.59 Å². The zero-order valence-corrected chi connectivity index (χ0v) is 12.5. The lowest BCUT2D eigenvalue weighted by molar-refractivity contribution is -0.140. The molecule has 0 saturated heterocycles. The molecule has 4 heteroatoms. The Bertz CT molecular complexity index is 525. The van der Waals surface area contributed by atoms with Crippen LogP contribution in [0.15, 0.2) is 22.9 Å². The van der Waals surface area contributed by atoms with Crippen LogP contribution in [0.1, 0.15) is 57.8 Å². The third-order valence-electron chi connectivity index (χ3n) is 5.26. The van der Waals surface area contributed by atoms with Crippen LogP contribution in [-0.2, 0) is 9.59 Å². The Balaban J connectivity index is 1.88. The quantitative estimate of drug-likeness (QED) is 0.783. The van der Waals surface area contributed by atoms with Gasteiger partial charge in [-0.3, -0.25) is 9.59 Å². The minimum Gasteiger partial charge on any atom is -0.384 e. The van der Waals surface area contributed by atoms with E-state index in [9.17, 15) is 9.59 Å². The average molecular weight is 288 g/mol. The van der Waals surface area contributed by atoms with Crippen molar-refractivity contribution in [3.8, 4) is 0 Å². The smallest absolute Gasteiger partial charge is 0.231 e. The van der Waals surface area contributed by atoms with Gasteiger partial charge in [0.15, 0.2) is 5.78 Å². The van der Waals surface area contributed by atoms with Crippen LogP contribution >= 0.6 is 0 Å². The van der Waals surface area contributed by atoms with Crippen molar-refractivity contribution in [2.45, 2.75) is 57.8 Å². The number of carbonyl (C=O) groups is 2. The molecular formula is C17H24N2O2.